The third-order valence-electron chi connectivity index (χ3n) is 3.80. The summed E-state index contributed by atoms with van der Waals surface area (Å²) < 4.78 is 3.01. The first-order valence-corrected chi connectivity index (χ1v) is 8.25. The summed E-state index contributed by atoms with van der Waals surface area (Å²) in [6.07, 6.45) is 6.69. The Labute approximate surface area is 129 Å². The van der Waals surface area contributed by atoms with E-state index in [1.54, 1.807) is 0 Å². The van der Waals surface area contributed by atoms with Gasteiger partial charge in [0, 0.05) is 36.8 Å². The Hall–Kier alpha value is -0.810. The normalized spacial score (nSPS) is 19.1. The van der Waals surface area contributed by atoms with E-state index in [0.717, 1.165) is 42.6 Å². The lowest BCUT2D eigenvalue weighted by Gasteiger charge is -2.28. The van der Waals surface area contributed by atoms with Crippen molar-refractivity contribution < 1.29 is 4.79 Å². The van der Waals surface area contributed by atoms with Crippen LogP contribution in [0.5, 0.6) is 0 Å². The number of nitrogens with one attached hydrogen (secondary N) is 1. The lowest BCUT2D eigenvalue weighted by atomic mass is 10.0. The van der Waals surface area contributed by atoms with Crippen LogP contribution in [0.15, 0.2) is 16.7 Å². The predicted molar refractivity (Wildman–Crippen MR) is 85.0 cm³/mol. The van der Waals surface area contributed by atoms with Gasteiger partial charge in [-0.3, -0.25) is 4.79 Å². The summed E-state index contributed by atoms with van der Waals surface area (Å²) in [5.74, 6) is 0.108. The lowest BCUT2D eigenvalue weighted by molar-refractivity contribution is 0.0764. The second-order valence-corrected chi connectivity index (χ2v) is 6.49. The summed E-state index contributed by atoms with van der Waals surface area (Å²) >= 11 is 3.47. The highest BCUT2D eigenvalue weighted by Gasteiger charge is 2.21. The second kappa shape index (κ2) is 7.27. The van der Waals surface area contributed by atoms with E-state index in [4.69, 9.17) is 0 Å². The molecule has 20 heavy (non-hydrogen) atoms. The van der Waals surface area contributed by atoms with Crippen molar-refractivity contribution in [1.29, 1.82) is 0 Å². The Bertz CT molecular complexity index is 452. The number of carbonyl (C=O) groups is 1. The maximum absolute atomic E-state index is 12.6. The molecule has 0 radical (unpaired) electrons. The number of aryl methyl sites for hydroxylation is 1. The van der Waals surface area contributed by atoms with E-state index >= 15 is 0 Å². The molecule has 1 N–H and O–H groups in total. The molecule has 0 saturated carbocycles. The Balaban J connectivity index is 2.01. The van der Waals surface area contributed by atoms with Gasteiger partial charge in [0.2, 0.25) is 0 Å². The number of nitrogens with zero attached hydrogens (tertiary/aromatic N) is 2. The summed E-state index contributed by atoms with van der Waals surface area (Å²) in [6.45, 7) is 4.86. The van der Waals surface area contributed by atoms with Gasteiger partial charge in [0.15, 0.2) is 0 Å². The van der Waals surface area contributed by atoms with E-state index in [2.05, 4.69) is 28.2 Å². The molecule has 0 aromatic carbocycles. The van der Waals surface area contributed by atoms with Gasteiger partial charge in [-0.05, 0) is 47.8 Å². The Morgan fingerprint density at radius 3 is 3.00 bits per heavy atom. The van der Waals surface area contributed by atoms with Crippen molar-refractivity contribution in [3.05, 3.63) is 22.4 Å². The van der Waals surface area contributed by atoms with Crippen LogP contribution in [0.1, 0.15) is 43.1 Å². The average Bonchev–Trinajstić information content (AvgIpc) is 2.80. The molecular formula is C15H24BrN3O. The molecule has 1 unspecified atom stereocenters. The average molecular weight is 342 g/mol. The van der Waals surface area contributed by atoms with E-state index in [0.29, 0.717) is 6.04 Å². The van der Waals surface area contributed by atoms with E-state index in [-0.39, 0.29) is 5.91 Å². The Morgan fingerprint density at radius 2 is 2.35 bits per heavy atom. The van der Waals surface area contributed by atoms with E-state index in [9.17, 15) is 4.79 Å². The zero-order chi connectivity index (χ0) is 14.5. The number of amides is 1. The number of hydrogen-bond donors (Lipinski definition) is 1. The molecule has 1 saturated heterocycles. The number of piperidine rings is 1. The first kappa shape index (κ1) is 15.6. The fraction of sp³-hybridized carbons (Fsp3) is 0.667. The standard InChI is InChI=1S/C15H24BrN3O/c1-3-8-19-10-12(16)9-14(19)15(20)18(2)11-13-6-4-5-7-17-13/h9-10,13,17H,3-8,11H2,1-2H3. The summed E-state index contributed by atoms with van der Waals surface area (Å²) in [6, 6.07) is 2.36. The fourth-order valence-corrected chi connectivity index (χ4v) is 3.23. The number of halogens is 1. The number of rotatable bonds is 5. The van der Waals surface area contributed by atoms with Crippen LogP contribution in [0.4, 0.5) is 0 Å². The van der Waals surface area contributed by atoms with Crippen LogP contribution in [-0.4, -0.2) is 41.6 Å². The van der Waals surface area contributed by atoms with Gasteiger partial charge in [-0.1, -0.05) is 13.3 Å². The van der Waals surface area contributed by atoms with Crippen LogP contribution >= 0.6 is 15.9 Å². The topological polar surface area (TPSA) is 37.3 Å². The van der Waals surface area contributed by atoms with Crippen molar-refractivity contribution in [1.82, 2.24) is 14.8 Å². The van der Waals surface area contributed by atoms with Crippen LogP contribution in [0.2, 0.25) is 0 Å². The molecule has 2 rings (SSSR count). The molecule has 112 valence electrons. The number of carbonyl (C=O) groups excluding carboxylic acids is 1. The minimum atomic E-state index is 0.108. The number of likely N-dealkylation sites (N-methyl/N-ethyl adjacent to an activating group) is 1. The molecule has 1 aromatic heterocycles. The second-order valence-electron chi connectivity index (χ2n) is 5.57. The molecule has 4 nitrogen and oxygen atoms in total. The van der Waals surface area contributed by atoms with Crippen LogP contribution in [0.25, 0.3) is 0 Å². The highest BCUT2D eigenvalue weighted by Crippen LogP contribution is 2.17. The number of hydrogen-bond acceptors (Lipinski definition) is 2. The maximum Gasteiger partial charge on any atom is 0.270 e. The van der Waals surface area contributed by atoms with Gasteiger partial charge in [-0.25, -0.2) is 0 Å². The zero-order valence-corrected chi connectivity index (χ0v) is 13.9. The smallest absolute Gasteiger partial charge is 0.270 e. The fourth-order valence-electron chi connectivity index (χ4n) is 2.77. The van der Waals surface area contributed by atoms with Gasteiger partial charge >= 0.3 is 0 Å². The predicted octanol–water partition coefficient (Wildman–Crippen LogP) is 2.87. The Kier molecular flexibility index (Phi) is 5.66. The first-order chi connectivity index (χ1) is 9.61. The van der Waals surface area contributed by atoms with Gasteiger partial charge in [-0.2, -0.15) is 0 Å². The highest BCUT2D eigenvalue weighted by atomic mass is 79.9. The van der Waals surface area contributed by atoms with Gasteiger partial charge < -0.3 is 14.8 Å². The largest absolute Gasteiger partial charge is 0.342 e. The van der Waals surface area contributed by atoms with Crippen molar-refractivity contribution >= 4 is 21.8 Å². The molecule has 1 aliphatic heterocycles. The molecule has 1 atom stereocenters. The van der Waals surface area contributed by atoms with Crippen molar-refractivity contribution in [2.75, 3.05) is 20.1 Å². The van der Waals surface area contributed by atoms with Gasteiger partial charge in [0.1, 0.15) is 5.69 Å². The van der Waals surface area contributed by atoms with E-state index in [1.165, 1.54) is 12.8 Å². The third kappa shape index (κ3) is 3.85. The van der Waals surface area contributed by atoms with Gasteiger partial charge in [0.05, 0.1) is 0 Å². The van der Waals surface area contributed by atoms with Crippen molar-refractivity contribution in [2.24, 2.45) is 0 Å². The number of aromatic nitrogens is 1. The van der Waals surface area contributed by atoms with E-state index in [1.807, 2.05) is 28.8 Å². The monoisotopic (exact) mass is 341 g/mol. The molecule has 1 aliphatic rings. The highest BCUT2D eigenvalue weighted by molar-refractivity contribution is 9.10. The third-order valence-corrected chi connectivity index (χ3v) is 4.23. The molecule has 1 aromatic rings. The molecule has 0 bridgehead atoms. The summed E-state index contributed by atoms with van der Waals surface area (Å²) in [7, 11) is 1.90. The molecule has 1 fully saturated rings. The van der Waals surface area contributed by atoms with Gasteiger partial charge in [0.25, 0.3) is 5.91 Å². The first-order valence-electron chi connectivity index (χ1n) is 7.46. The minimum Gasteiger partial charge on any atom is -0.342 e. The van der Waals surface area contributed by atoms with Crippen LogP contribution in [0, 0.1) is 0 Å². The summed E-state index contributed by atoms with van der Waals surface area (Å²) in [5, 5.41) is 3.49. The maximum atomic E-state index is 12.6. The van der Waals surface area contributed by atoms with Crippen molar-refractivity contribution in [3.63, 3.8) is 0 Å². The van der Waals surface area contributed by atoms with Crippen LogP contribution in [0.3, 0.4) is 0 Å². The zero-order valence-electron chi connectivity index (χ0n) is 12.4. The molecule has 1 amide bonds. The van der Waals surface area contributed by atoms with E-state index < -0.39 is 0 Å². The quantitative estimate of drug-likeness (QED) is 0.893. The van der Waals surface area contributed by atoms with Gasteiger partial charge in [-0.15, -0.1) is 0 Å². The molecule has 5 heteroatoms. The lowest BCUT2D eigenvalue weighted by Crippen LogP contribution is -2.44. The van der Waals surface area contributed by atoms with Crippen LogP contribution < -0.4 is 5.32 Å². The molecule has 0 aliphatic carbocycles. The van der Waals surface area contributed by atoms with Crippen LogP contribution in [-0.2, 0) is 6.54 Å². The van der Waals surface area contributed by atoms with Crippen molar-refractivity contribution in [2.45, 2.75) is 45.2 Å². The molecule has 0 spiro atoms. The molecule has 2 heterocycles. The minimum absolute atomic E-state index is 0.108. The Morgan fingerprint density at radius 1 is 1.55 bits per heavy atom. The molecular weight excluding hydrogens is 318 g/mol. The summed E-state index contributed by atoms with van der Waals surface area (Å²) in [5.41, 5.74) is 0.775. The summed E-state index contributed by atoms with van der Waals surface area (Å²) in [4.78, 5) is 14.4. The van der Waals surface area contributed by atoms with Crippen molar-refractivity contribution in [3.8, 4) is 0 Å². The SMILES string of the molecule is CCCn1cc(Br)cc1C(=O)N(C)CC1CCCCN1.